The number of nitrogens with zero attached hydrogens (tertiary/aromatic N) is 1. The minimum absolute atomic E-state index is 0. The van der Waals surface area contributed by atoms with Crippen molar-refractivity contribution in [1.29, 1.82) is 0 Å². The average Bonchev–Trinajstić information content (AvgIpc) is 2.10. The molecular formula is C5H7ClN2OS. The van der Waals surface area contributed by atoms with Crippen LogP contribution in [0, 0.1) is 6.92 Å². The number of nitrogens with two attached hydrogens (primary N) is 1. The zero-order valence-corrected chi connectivity index (χ0v) is 6.96. The zero-order chi connectivity index (χ0) is 6.85. The molecule has 1 rings (SSSR count). The lowest BCUT2D eigenvalue weighted by molar-refractivity contribution is 0.112. The van der Waals surface area contributed by atoms with Crippen molar-refractivity contribution < 1.29 is 4.79 Å². The van der Waals surface area contributed by atoms with E-state index in [0.717, 1.165) is 6.29 Å². The first-order valence-electron chi connectivity index (χ1n) is 2.42. The minimum Gasteiger partial charge on any atom is -0.375 e. The van der Waals surface area contributed by atoms with Crippen LogP contribution in [-0.4, -0.2) is 11.3 Å². The van der Waals surface area contributed by atoms with Crippen LogP contribution in [0.4, 0.5) is 5.13 Å². The van der Waals surface area contributed by atoms with Gasteiger partial charge in [-0.25, -0.2) is 4.98 Å². The van der Waals surface area contributed by atoms with Crippen LogP contribution in [0.1, 0.15) is 15.4 Å². The summed E-state index contributed by atoms with van der Waals surface area (Å²) >= 11 is 1.21. The summed E-state index contributed by atoms with van der Waals surface area (Å²) in [4.78, 5) is 14.6. The molecule has 0 aliphatic rings. The topological polar surface area (TPSA) is 56.0 Å². The van der Waals surface area contributed by atoms with Crippen LogP contribution in [0.2, 0.25) is 0 Å². The van der Waals surface area contributed by atoms with Crippen LogP contribution in [0.25, 0.3) is 0 Å². The number of aryl methyl sites for hydroxylation is 1. The first-order valence-corrected chi connectivity index (χ1v) is 3.24. The lowest BCUT2D eigenvalue weighted by Crippen LogP contribution is -1.81. The van der Waals surface area contributed by atoms with Crippen LogP contribution in [0.5, 0.6) is 0 Å². The number of aromatic nitrogens is 1. The number of aldehydes is 1. The molecule has 0 atom stereocenters. The van der Waals surface area contributed by atoms with Gasteiger partial charge in [0.05, 0.1) is 10.6 Å². The summed E-state index contributed by atoms with van der Waals surface area (Å²) in [6, 6.07) is 0. The maximum atomic E-state index is 10.2. The number of carbonyl (C=O) groups excluding carboxylic acids is 1. The van der Waals surface area contributed by atoms with Gasteiger partial charge in [0.15, 0.2) is 11.4 Å². The predicted molar refractivity (Wildman–Crippen MR) is 43.9 cm³/mol. The van der Waals surface area contributed by atoms with Crippen molar-refractivity contribution in [2.45, 2.75) is 6.92 Å². The molecule has 10 heavy (non-hydrogen) atoms. The second kappa shape index (κ2) is 3.53. The van der Waals surface area contributed by atoms with Crippen LogP contribution in [0.15, 0.2) is 0 Å². The summed E-state index contributed by atoms with van der Waals surface area (Å²) in [5.41, 5.74) is 6.02. The van der Waals surface area contributed by atoms with E-state index in [2.05, 4.69) is 4.98 Å². The highest BCUT2D eigenvalue weighted by atomic mass is 35.5. The van der Waals surface area contributed by atoms with E-state index in [1.807, 2.05) is 0 Å². The highest BCUT2D eigenvalue weighted by Crippen LogP contribution is 2.16. The average molecular weight is 179 g/mol. The number of hydrogen-bond acceptors (Lipinski definition) is 4. The van der Waals surface area contributed by atoms with Gasteiger partial charge in [-0.3, -0.25) is 4.79 Å². The fourth-order valence-electron chi connectivity index (χ4n) is 0.539. The molecule has 0 aliphatic heterocycles. The SMILES string of the molecule is Cc1nc(N)sc1C=O.Cl. The summed E-state index contributed by atoms with van der Waals surface area (Å²) < 4.78 is 0. The molecule has 0 bridgehead atoms. The van der Waals surface area contributed by atoms with Crippen molar-refractivity contribution in [2.24, 2.45) is 0 Å². The molecule has 0 aliphatic carbocycles. The monoisotopic (exact) mass is 178 g/mol. The summed E-state index contributed by atoms with van der Waals surface area (Å²) in [6.07, 6.45) is 0.767. The molecule has 0 unspecified atom stereocenters. The third-order valence-electron chi connectivity index (χ3n) is 0.956. The Labute approximate surface area is 68.7 Å². The normalized spacial score (nSPS) is 8.50. The summed E-state index contributed by atoms with van der Waals surface area (Å²) in [7, 11) is 0. The molecule has 0 aromatic carbocycles. The number of rotatable bonds is 1. The largest absolute Gasteiger partial charge is 0.375 e. The Balaban J connectivity index is 0.000000810. The minimum atomic E-state index is 0. The van der Waals surface area contributed by atoms with Gasteiger partial charge in [0.25, 0.3) is 0 Å². The molecule has 0 saturated carbocycles. The smallest absolute Gasteiger partial charge is 0.180 e. The number of hydrogen-bond donors (Lipinski definition) is 1. The number of halogens is 1. The molecule has 1 aromatic rings. The first kappa shape index (κ1) is 9.39. The maximum Gasteiger partial charge on any atom is 0.180 e. The Morgan fingerprint density at radius 3 is 2.50 bits per heavy atom. The van der Waals surface area contributed by atoms with Crippen LogP contribution >= 0.6 is 23.7 Å². The van der Waals surface area contributed by atoms with Gasteiger partial charge in [-0.1, -0.05) is 11.3 Å². The van der Waals surface area contributed by atoms with Crippen LogP contribution < -0.4 is 5.73 Å². The van der Waals surface area contributed by atoms with Gasteiger partial charge < -0.3 is 5.73 Å². The second-order valence-electron chi connectivity index (χ2n) is 1.62. The Kier molecular flexibility index (Phi) is 3.32. The molecule has 3 nitrogen and oxygen atoms in total. The van der Waals surface area contributed by atoms with Gasteiger partial charge in [0.1, 0.15) is 0 Å². The van der Waals surface area contributed by atoms with Gasteiger partial charge in [0.2, 0.25) is 0 Å². The predicted octanol–water partition coefficient (Wildman–Crippen LogP) is 1.27. The van der Waals surface area contributed by atoms with Crippen molar-refractivity contribution in [3.8, 4) is 0 Å². The molecule has 5 heteroatoms. The number of thiazole rings is 1. The molecule has 56 valence electrons. The van der Waals surface area contributed by atoms with Gasteiger partial charge in [-0.15, -0.1) is 12.4 Å². The van der Waals surface area contributed by atoms with E-state index in [-0.39, 0.29) is 12.4 Å². The summed E-state index contributed by atoms with van der Waals surface area (Å²) in [6.45, 7) is 1.76. The molecule has 0 saturated heterocycles. The molecular weight excluding hydrogens is 172 g/mol. The molecule has 0 amide bonds. The standard InChI is InChI=1S/C5H6N2OS.ClH/c1-3-4(2-8)9-5(6)7-3;/h2H,1H3,(H2,6,7);1H. The molecule has 0 spiro atoms. The van der Waals surface area contributed by atoms with E-state index in [4.69, 9.17) is 5.73 Å². The lowest BCUT2D eigenvalue weighted by atomic mass is 10.4. The van der Waals surface area contributed by atoms with E-state index in [9.17, 15) is 4.79 Å². The Morgan fingerprint density at radius 2 is 2.30 bits per heavy atom. The maximum absolute atomic E-state index is 10.2. The van der Waals surface area contributed by atoms with Crippen molar-refractivity contribution in [3.63, 3.8) is 0 Å². The van der Waals surface area contributed by atoms with Crippen LogP contribution in [0.3, 0.4) is 0 Å². The number of nitrogen functional groups attached to an aromatic ring is 1. The van der Waals surface area contributed by atoms with Crippen molar-refractivity contribution in [2.75, 3.05) is 5.73 Å². The van der Waals surface area contributed by atoms with Crippen LogP contribution in [-0.2, 0) is 0 Å². The molecule has 1 heterocycles. The molecule has 2 N–H and O–H groups in total. The highest BCUT2D eigenvalue weighted by molar-refractivity contribution is 7.17. The van der Waals surface area contributed by atoms with E-state index in [1.165, 1.54) is 11.3 Å². The zero-order valence-electron chi connectivity index (χ0n) is 5.33. The fourth-order valence-corrected chi connectivity index (χ4v) is 1.19. The Morgan fingerprint density at radius 1 is 1.70 bits per heavy atom. The van der Waals surface area contributed by atoms with Gasteiger partial charge in [-0.05, 0) is 6.92 Å². The van der Waals surface area contributed by atoms with Gasteiger partial charge in [-0.2, -0.15) is 0 Å². The number of carbonyl (C=O) groups is 1. The Bertz CT molecular complexity index is 236. The number of anilines is 1. The van der Waals surface area contributed by atoms with Crippen molar-refractivity contribution in [3.05, 3.63) is 10.6 Å². The van der Waals surface area contributed by atoms with E-state index >= 15 is 0 Å². The van der Waals surface area contributed by atoms with E-state index in [0.29, 0.717) is 15.7 Å². The lowest BCUT2D eigenvalue weighted by Gasteiger charge is -1.76. The first-order chi connectivity index (χ1) is 4.24. The van der Waals surface area contributed by atoms with Crippen molar-refractivity contribution >= 4 is 35.2 Å². The van der Waals surface area contributed by atoms with Gasteiger partial charge >= 0.3 is 0 Å². The molecule has 0 fully saturated rings. The molecule has 0 radical (unpaired) electrons. The molecule has 1 aromatic heterocycles. The van der Waals surface area contributed by atoms with Crippen molar-refractivity contribution in [1.82, 2.24) is 4.98 Å². The Hall–Kier alpha value is -0.610. The second-order valence-corrected chi connectivity index (χ2v) is 2.68. The van der Waals surface area contributed by atoms with E-state index < -0.39 is 0 Å². The van der Waals surface area contributed by atoms with Gasteiger partial charge in [0, 0.05) is 0 Å². The van der Waals surface area contributed by atoms with E-state index in [1.54, 1.807) is 6.92 Å². The third kappa shape index (κ3) is 1.68. The fraction of sp³-hybridized carbons (Fsp3) is 0.200. The summed E-state index contributed by atoms with van der Waals surface area (Å²) in [5.74, 6) is 0. The highest BCUT2D eigenvalue weighted by Gasteiger charge is 2.01. The third-order valence-corrected chi connectivity index (χ3v) is 1.87. The quantitative estimate of drug-likeness (QED) is 0.659. The summed E-state index contributed by atoms with van der Waals surface area (Å²) in [5, 5.41) is 0.453.